The maximum Gasteiger partial charge on any atom is 0.307 e. The Hall–Kier alpha value is -2.37. The predicted octanol–water partition coefficient (Wildman–Crippen LogP) is 0.445. The number of para-hydroxylation sites is 1. The number of benzene rings is 1. The van der Waals surface area contributed by atoms with Gasteiger partial charge in [0.25, 0.3) is 5.91 Å². The summed E-state index contributed by atoms with van der Waals surface area (Å²) in [5.74, 6) is -3.15. The average molecular weight is 248 g/mol. The SMILES string of the molecule is NC(=O)c1ccccc1NC(=O)[C@@H]1C[C@@H]1C(=O)O. The zero-order chi connectivity index (χ0) is 13.3. The number of hydrogen-bond donors (Lipinski definition) is 3. The first-order valence-electron chi connectivity index (χ1n) is 5.43. The topological polar surface area (TPSA) is 109 Å². The summed E-state index contributed by atoms with van der Waals surface area (Å²) in [6.07, 6.45) is 0.333. The second-order valence-electron chi connectivity index (χ2n) is 4.19. The minimum absolute atomic E-state index is 0.207. The Balaban J connectivity index is 2.09. The molecule has 1 aliphatic carbocycles. The molecule has 0 saturated heterocycles. The van der Waals surface area contributed by atoms with E-state index in [1.807, 2.05) is 0 Å². The van der Waals surface area contributed by atoms with Gasteiger partial charge < -0.3 is 16.2 Å². The Bertz CT molecular complexity index is 527. The first-order valence-corrected chi connectivity index (χ1v) is 5.43. The van der Waals surface area contributed by atoms with Crippen LogP contribution in [-0.2, 0) is 9.59 Å². The summed E-state index contributed by atoms with van der Waals surface area (Å²) in [5, 5.41) is 11.3. The lowest BCUT2D eigenvalue weighted by Crippen LogP contribution is -2.20. The number of rotatable bonds is 4. The molecule has 1 aromatic carbocycles. The van der Waals surface area contributed by atoms with Crippen LogP contribution in [0.2, 0.25) is 0 Å². The molecule has 2 amide bonds. The molecule has 0 bridgehead atoms. The Kier molecular flexibility index (Phi) is 3.01. The van der Waals surface area contributed by atoms with Crippen molar-refractivity contribution in [2.24, 2.45) is 17.6 Å². The molecule has 94 valence electrons. The summed E-state index contributed by atoms with van der Waals surface area (Å²) < 4.78 is 0. The number of nitrogens with two attached hydrogens (primary N) is 1. The van der Waals surface area contributed by atoms with Crippen LogP contribution in [0, 0.1) is 11.8 Å². The third kappa shape index (κ3) is 2.32. The predicted molar refractivity (Wildman–Crippen MR) is 62.8 cm³/mol. The average Bonchev–Trinajstić information content (AvgIpc) is 3.09. The molecule has 18 heavy (non-hydrogen) atoms. The normalized spacial score (nSPS) is 21.1. The molecule has 0 radical (unpaired) electrons. The van der Waals surface area contributed by atoms with E-state index >= 15 is 0 Å². The molecule has 2 atom stereocenters. The van der Waals surface area contributed by atoms with Gasteiger partial charge in [-0.05, 0) is 18.6 Å². The maximum absolute atomic E-state index is 11.7. The van der Waals surface area contributed by atoms with E-state index in [1.54, 1.807) is 18.2 Å². The lowest BCUT2D eigenvalue weighted by Gasteiger charge is -2.08. The maximum atomic E-state index is 11.7. The molecular formula is C12H12N2O4. The molecular weight excluding hydrogens is 236 g/mol. The molecule has 1 fully saturated rings. The number of carboxylic acid groups (broad SMARTS) is 1. The van der Waals surface area contributed by atoms with Crippen molar-refractivity contribution in [3.63, 3.8) is 0 Å². The lowest BCUT2D eigenvalue weighted by atomic mass is 10.1. The quantitative estimate of drug-likeness (QED) is 0.718. The minimum atomic E-state index is -0.974. The first kappa shape index (κ1) is 12.1. The molecule has 1 aromatic rings. The van der Waals surface area contributed by atoms with E-state index in [2.05, 4.69) is 5.32 Å². The summed E-state index contributed by atoms with van der Waals surface area (Å²) in [7, 11) is 0. The highest BCUT2D eigenvalue weighted by atomic mass is 16.4. The second-order valence-corrected chi connectivity index (χ2v) is 4.19. The number of anilines is 1. The van der Waals surface area contributed by atoms with Gasteiger partial charge in [0.15, 0.2) is 0 Å². The number of nitrogens with one attached hydrogen (secondary N) is 1. The van der Waals surface area contributed by atoms with Gasteiger partial charge in [-0.3, -0.25) is 14.4 Å². The number of amides is 2. The van der Waals surface area contributed by atoms with Crippen LogP contribution >= 0.6 is 0 Å². The van der Waals surface area contributed by atoms with Crippen molar-refractivity contribution in [2.75, 3.05) is 5.32 Å². The number of carboxylic acids is 1. The fourth-order valence-corrected chi connectivity index (χ4v) is 1.79. The van der Waals surface area contributed by atoms with Crippen molar-refractivity contribution in [2.45, 2.75) is 6.42 Å². The van der Waals surface area contributed by atoms with Crippen molar-refractivity contribution >= 4 is 23.5 Å². The van der Waals surface area contributed by atoms with Crippen molar-refractivity contribution < 1.29 is 19.5 Å². The molecule has 1 saturated carbocycles. The van der Waals surface area contributed by atoms with Crippen LogP contribution in [-0.4, -0.2) is 22.9 Å². The van der Waals surface area contributed by atoms with Crippen molar-refractivity contribution in [3.8, 4) is 0 Å². The Morgan fingerprint density at radius 2 is 1.89 bits per heavy atom. The second kappa shape index (κ2) is 4.48. The zero-order valence-corrected chi connectivity index (χ0v) is 9.42. The summed E-state index contributed by atoms with van der Waals surface area (Å²) >= 11 is 0. The van der Waals surface area contributed by atoms with Gasteiger partial charge in [0.2, 0.25) is 5.91 Å². The van der Waals surface area contributed by atoms with Crippen LogP contribution in [0.15, 0.2) is 24.3 Å². The molecule has 4 N–H and O–H groups in total. The van der Waals surface area contributed by atoms with Gasteiger partial charge in [-0.15, -0.1) is 0 Å². The van der Waals surface area contributed by atoms with E-state index in [0.717, 1.165) is 0 Å². The van der Waals surface area contributed by atoms with Crippen LogP contribution in [0.1, 0.15) is 16.8 Å². The third-order valence-corrected chi connectivity index (χ3v) is 2.89. The summed E-state index contributed by atoms with van der Waals surface area (Å²) in [6.45, 7) is 0. The van der Waals surface area contributed by atoms with Gasteiger partial charge in [-0.2, -0.15) is 0 Å². The number of carbonyl (C=O) groups is 3. The molecule has 0 aromatic heterocycles. The summed E-state index contributed by atoms with van der Waals surface area (Å²) in [6, 6.07) is 6.34. The minimum Gasteiger partial charge on any atom is -0.481 e. The number of primary amides is 1. The van der Waals surface area contributed by atoms with E-state index in [0.29, 0.717) is 12.1 Å². The van der Waals surface area contributed by atoms with Crippen LogP contribution in [0.4, 0.5) is 5.69 Å². The Labute approximate surface area is 103 Å². The summed E-state index contributed by atoms with van der Waals surface area (Å²) in [5.41, 5.74) is 5.69. The fraction of sp³-hybridized carbons (Fsp3) is 0.250. The molecule has 0 heterocycles. The highest BCUT2D eigenvalue weighted by Crippen LogP contribution is 2.39. The highest BCUT2D eigenvalue weighted by Gasteiger charge is 2.48. The highest BCUT2D eigenvalue weighted by molar-refractivity contribution is 6.05. The largest absolute Gasteiger partial charge is 0.481 e. The van der Waals surface area contributed by atoms with Crippen LogP contribution in [0.3, 0.4) is 0 Å². The van der Waals surface area contributed by atoms with Crippen molar-refractivity contribution in [3.05, 3.63) is 29.8 Å². The molecule has 6 nitrogen and oxygen atoms in total. The van der Waals surface area contributed by atoms with Crippen molar-refractivity contribution in [1.29, 1.82) is 0 Å². The molecule has 0 aliphatic heterocycles. The lowest BCUT2D eigenvalue weighted by molar-refractivity contribution is -0.139. The number of hydrogen-bond acceptors (Lipinski definition) is 3. The zero-order valence-electron chi connectivity index (χ0n) is 9.42. The molecule has 6 heteroatoms. The van der Waals surface area contributed by atoms with Gasteiger partial charge in [-0.1, -0.05) is 12.1 Å². The van der Waals surface area contributed by atoms with E-state index in [1.165, 1.54) is 6.07 Å². The molecule has 0 spiro atoms. The first-order chi connectivity index (χ1) is 8.50. The van der Waals surface area contributed by atoms with E-state index in [4.69, 9.17) is 10.8 Å². The van der Waals surface area contributed by atoms with Crippen molar-refractivity contribution in [1.82, 2.24) is 0 Å². The number of carbonyl (C=O) groups excluding carboxylic acids is 2. The van der Waals surface area contributed by atoms with Crippen LogP contribution in [0.5, 0.6) is 0 Å². The molecule has 0 unspecified atom stereocenters. The van der Waals surface area contributed by atoms with E-state index in [9.17, 15) is 14.4 Å². The Morgan fingerprint density at radius 1 is 1.22 bits per heavy atom. The van der Waals surface area contributed by atoms with Crippen LogP contribution < -0.4 is 11.1 Å². The van der Waals surface area contributed by atoms with Gasteiger partial charge >= 0.3 is 5.97 Å². The van der Waals surface area contributed by atoms with Crippen LogP contribution in [0.25, 0.3) is 0 Å². The monoisotopic (exact) mass is 248 g/mol. The van der Waals surface area contributed by atoms with Gasteiger partial charge in [0.05, 0.1) is 23.1 Å². The smallest absolute Gasteiger partial charge is 0.307 e. The van der Waals surface area contributed by atoms with Gasteiger partial charge in [-0.25, -0.2) is 0 Å². The molecule has 2 rings (SSSR count). The fourth-order valence-electron chi connectivity index (χ4n) is 1.79. The Morgan fingerprint density at radius 3 is 2.44 bits per heavy atom. The summed E-state index contributed by atoms with van der Waals surface area (Å²) in [4.78, 5) is 33.5. The number of aliphatic carboxylic acids is 1. The van der Waals surface area contributed by atoms with Gasteiger partial charge in [0.1, 0.15) is 0 Å². The van der Waals surface area contributed by atoms with E-state index < -0.39 is 29.6 Å². The van der Waals surface area contributed by atoms with Gasteiger partial charge in [0, 0.05) is 0 Å². The third-order valence-electron chi connectivity index (χ3n) is 2.89. The standard InChI is InChI=1S/C12H12N2O4/c13-10(15)6-3-1-2-4-9(6)14-11(16)7-5-8(7)12(17)18/h1-4,7-8H,5H2,(H2,13,15)(H,14,16)(H,17,18)/t7-,8+/m1/s1. The molecule has 1 aliphatic rings. The van der Waals surface area contributed by atoms with E-state index in [-0.39, 0.29) is 5.56 Å².